The molecule has 2 aromatic rings. The Labute approximate surface area is 108 Å². The van der Waals surface area contributed by atoms with Gasteiger partial charge in [0.05, 0.1) is 5.52 Å². The molecule has 88 valence electrons. The first-order valence-corrected chi connectivity index (χ1v) is 6.42. The molecule has 5 nitrogen and oxygen atoms in total. The molecule has 1 heterocycles. The predicted molar refractivity (Wildman–Crippen MR) is 73.6 cm³/mol. The first-order valence-electron chi connectivity index (χ1n) is 4.79. The average Bonchev–Trinajstić information content (AvgIpc) is 2.32. The van der Waals surface area contributed by atoms with Crippen molar-refractivity contribution in [2.75, 3.05) is 6.26 Å². The van der Waals surface area contributed by atoms with Crippen molar-refractivity contribution < 1.29 is 0 Å². The van der Waals surface area contributed by atoms with E-state index in [-0.39, 0.29) is 5.96 Å². The lowest BCUT2D eigenvalue weighted by Gasteiger charge is -2.08. The van der Waals surface area contributed by atoms with Gasteiger partial charge in [-0.1, -0.05) is 36.1 Å². The minimum absolute atomic E-state index is 0.0477. The summed E-state index contributed by atoms with van der Waals surface area (Å²) in [6.45, 7) is 0. The minimum atomic E-state index is -0.0477. The van der Waals surface area contributed by atoms with E-state index in [0.29, 0.717) is 9.80 Å². The van der Waals surface area contributed by atoms with Crippen LogP contribution < -0.4 is 11.5 Å². The molecule has 0 unspecified atom stereocenters. The van der Waals surface area contributed by atoms with Crippen molar-refractivity contribution in [3.05, 3.63) is 28.9 Å². The lowest BCUT2D eigenvalue weighted by molar-refractivity contribution is 0.718. The summed E-state index contributed by atoms with van der Waals surface area (Å²) in [6.07, 6.45) is 1.89. The molecular formula is C10H11N5S2. The van der Waals surface area contributed by atoms with Crippen LogP contribution in [0, 0.1) is 4.64 Å². The molecule has 0 spiro atoms. The van der Waals surface area contributed by atoms with Crippen molar-refractivity contribution in [3.63, 3.8) is 0 Å². The summed E-state index contributed by atoms with van der Waals surface area (Å²) in [7, 11) is 0. The van der Waals surface area contributed by atoms with E-state index < -0.39 is 0 Å². The van der Waals surface area contributed by atoms with Crippen LogP contribution in [0.2, 0.25) is 0 Å². The fraction of sp³-hybridized carbons (Fsp3) is 0.100. The van der Waals surface area contributed by atoms with Crippen LogP contribution in [0.25, 0.3) is 10.9 Å². The minimum Gasteiger partial charge on any atom is -0.369 e. The van der Waals surface area contributed by atoms with Gasteiger partial charge < -0.3 is 11.5 Å². The molecule has 0 amide bonds. The highest BCUT2D eigenvalue weighted by Crippen LogP contribution is 2.20. The highest BCUT2D eigenvalue weighted by molar-refractivity contribution is 7.98. The van der Waals surface area contributed by atoms with Crippen molar-refractivity contribution in [1.82, 2.24) is 9.66 Å². The monoisotopic (exact) mass is 265 g/mol. The van der Waals surface area contributed by atoms with Crippen molar-refractivity contribution >= 4 is 40.8 Å². The predicted octanol–water partition coefficient (Wildman–Crippen LogP) is 1.52. The normalized spacial score (nSPS) is 10.4. The fourth-order valence-corrected chi connectivity index (χ4v) is 2.29. The maximum Gasteiger partial charge on any atom is 0.209 e. The van der Waals surface area contributed by atoms with Crippen LogP contribution in [0.1, 0.15) is 0 Å². The fourth-order valence-electron chi connectivity index (χ4n) is 1.44. The summed E-state index contributed by atoms with van der Waals surface area (Å²) in [4.78, 5) is 4.45. The maximum atomic E-state index is 5.38. The third kappa shape index (κ3) is 2.25. The molecule has 0 aliphatic rings. The Hall–Kier alpha value is -1.60. The van der Waals surface area contributed by atoms with E-state index in [0.717, 1.165) is 10.9 Å². The number of aromatic nitrogens is 2. The molecule has 0 saturated carbocycles. The second kappa shape index (κ2) is 4.72. The standard InChI is InChI=1S/C10H11N5S2/c1-17-10-13-7-5-3-2-4-6(7)8(16)15(10)14-9(11)12/h2-5H,1H3,(H4,11,12,14). The van der Waals surface area contributed by atoms with E-state index in [4.69, 9.17) is 23.7 Å². The quantitative estimate of drug-likeness (QED) is 0.283. The van der Waals surface area contributed by atoms with E-state index in [1.54, 1.807) is 0 Å². The summed E-state index contributed by atoms with van der Waals surface area (Å²) in [5.41, 5.74) is 11.6. The van der Waals surface area contributed by atoms with Gasteiger partial charge >= 0.3 is 0 Å². The number of para-hydroxylation sites is 1. The SMILES string of the molecule is CSc1nc2ccccc2c(=S)n1N=C(N)N. The molecule has 0 radical (unpaired) electrons. The number of hydrogen-bond donors (Lipinski definition) is 2. The van der Waals surface area contributed by atoms with Gasteiger partial charge in [0.1, 0.15) is 4.64 Å². The van der Waals surface area contributed by atoms with Gasteiger partial charge in [-0.3, -0.25) is 0 Å². The number of thioether (sulfide) groups is 1. The second-order valence-corrected chi connectivity index (χ2v) is 4.42. The molecular weight excluding hydrogens is 254 g/mol. The average molecular weight is 265 g/mol. The third-order valence-electron chi connectivity index (χ3n) is 2.12. The molecule has 1 aromatic heterocycles. The van der Waals surface area contributed by atoms with Gasteiger partial charge in [0.2, 0.25) is 5.96 Å². The van der Waals surface area contributed by atoms with Crippen LogP contribution in [0.3, 0.4) is 0 Å². The first kappa shape index (κ1) is 11.9. The molecule has 17 heavy (non-hydrogen) atoms. The molecule has 1 aromatic carbocycles. The van der Waals surface area contributed by atoms with Gasteiger partial charge in [0, 0.05) is 5.39 Å². The zero-order chi connectivity index (χ0) is 12.4. The van der Waals surface area contributed by atoms with E-state index in [9.17, 15) is 0 Å². The van der Waals surface area contributed by atoms with Crippen molar-refractivity contribution in [1.29, 1.82) is 0 Å². The van der Waals surface area contributed by atoms with Crippen LogP contribution in [0.4, 0.5) is 0 Å². The number of guanidine groups is 1. The van der Waals surface area contributed by atoms with Gasteiger partial charge in [-0.05, 0) is 18.4 Å². The molecule has 7 heteroatoms. The topological polar surface area (TPSA) is 82.2 Å². The van der Waals surface area contributed by atoms with Gasteiger partial charge in [0.15, 0.2) is 5.16 Å². The Bertz CT molecular complexity index is 643. The number of benzene rings is 1. The van der Waals surface area contributed by atoms with Crippen molar-refractivity contribution in [2.24, 2.45) is 16.6 Å². The Kier molecular flexibility index (Phi) is 3.30. The van der Waals surface area contributed by atoms with Crippen LogP contribution >= 0.6 is 24.0 Å². The summed E-state index contributed by atoms with van der Waals surface area (Å²) >= 11 is 6.79. The maximum absolute atomic E-state index is 5.38. The lowest BCUT2D eigenvalue weighted by atomic mass is 10.2. The Morgan fingerprint density at radius 2 is 2.12 bits per heavy atom. The summed E-state index contributed by atoms with van der Waals surface area (Å²) in [6, 6.07) is 7.62. The molecule has 0 fully saturated rings. The summed E-state index contributed by atoms with van der Waals surface area (Å²) in [5, 5.41) is 5.49. The Morgan fingerprint density at radius 3 is 2.76 bits per heavy atom. The lowest BCUT2D eigenvalue weighted by Crippen LogP contribution is -2.24. The zero-order valence-corrected chi connectivity index (χ0v) is 10.8. The largest absolute Gasteiger partial charge is 0.369 e. The van der Waals surface area contributed by atoms with Gasteiger partial charge in [-0.15, -0.1) is 5.10 Å². The van der Waals surface area contributed by atoms with E-state index >= 15 is 0 Å². The van der Waals surface area contributed by atoms with E-state index in [1.807, 2.05) is 30.5 Å². The molecule has 0 aliphatic carbocycles. The highest BCUT2D eigenvalue weighted by Gasteiger charge is 2.06. The summed E-state index contributed by atoms with van der Waals surface area (Å²) in [5.74, 6) is -0.0477. The smallest absolute Gasteiger partial charge is 0.209 e. The Balaban J connectivity index is 2.86. The molecule has 0 atom stereocenters. The number of rotatable bonds is 2. The van der Waals surface area contributed by atoms with Crippen LogP contribution in [-0.2, 0) is 0 Å². The number of nitrogens with zero attached hydrogens (tertiary/aromatic N) is 3. The molecule has 0 saturated heterocycles. The third-order valence-corrected chi connectivity index (χ3v) is 3.14. The van der Waals surface area contributed by atoms with E-state index in [1.165, 1.54) is 16.4 Å². The second-order valence-electron chi connectivity index (χ2n) is 3.26. The van der Waals surface area contributed by atoms with Crippen LogP contribution in [0.5, 0.6) is 0 Å². The van der Waals surface area contributed by atoms with Crippen molar-refractivity contribution in [2.45, 2.75) is 5.16 Å². The van der Waals surface area contributed by atoms with Gasteiger partial charge in [-0.2, -0.15) is 4.68 Å². The Morgan fingerprint density at radius 1 is 1.41 bits per heavy atom. The summed E-state index contributed by atoms with van der Waals surface area (Å²) < 4.78 is 2.03. The molecule has 4 N–H and O–H groups in total. The van der Waals surface area contributed by atoms with Crippen LogP contribution in [0.15, 0.2) is 34.5 Å². The van der Waals surface area contributed by atoms with Crippen molar-refractivity contribution in [3.8, 4) is 0 Å². The first-order chi connectivity index (χ1) is 8.13. The van der Waals surface area contributed by atoms with Crippen LogP contribution in [-0.4, -0.2) is 21.9 Å². The molecule has 2 rings (SSSR count). The molecule has 0 aliphatic heterocycles. The number of fused-ring (bicyclic) bond motifs is 1. The highest BCUT2D eigenvalue weighted by atomic mass is 32.2. The number of hydrogen-bond acceptors (Lipinski definition) is 4. The number of nitrogens with two attached hydrogens (primary N) is 2. The zero-order valence-electron chi connectivity index (χ0n) is 9.12. The van der Waals surface area contributed by atoms with Gasteiger partial charge in [-0.25, -0.2) is 4.98 Å². The van der Waals surface area contributed by atoms with E-state index in [2.05, 4.69) is 10.1 Å². The molecule has 0 bridgehead atoms. The van der Waals surface area contributed by atoms with Gasteiger partial charge in [0.25, 0.3) is 0 Å².